The van der Waals surface area contributed by atoms with Gasteiger partial charge >= 0.3 is 5.97 Å². The van der Waals surface area contributed by atoms with Crippen molar-refractivity contribution in [3.8, 4) is 0 Å². The van der Waals surface area contributed by atoms with Crippen molar-refractivity contribution >= 4 is 11.9 Å². The molecule has 0 aromatic rings. The molecule has 0 bridgehead atoms. The molecule has 0 saturated carbocycles. The van der Waals surface area contributed by atoms with Crippen LogP contribution in [0.3, 0.4) is 0 Å². The highest BCUT2D eigenvalue weighted by Gasteiger charge is 2.15. The number of amides is 1. The number of hydrogen-bond acceptors (Lipinski definition) is 4. The van der Waals surface area contributed by atoms with Gasteiger partial charge in [0, 0.05) is 26.6 Å². The molecule has 0 rings (SSSR count). The van der Waals surface area contributed by atoms with E-state index in [1.165, 1.54) is 141 Å². The molecule has 238 valence electrons. The summed E-state index contributed by atoms with van der Waals surface area (Å²) < 4.78 is 10.1. The van der Waals surface area contributed by atoms with Crippen molar-refractivity contribution < 1.29 is 19.1 Å². The maximum absolute atomic E-state index is 12.9. The lowest BCUT2D eigenvalue weighted by Gasteiger charge is -2.23. The molecule has 40 heavy (non-hydrogen) atoms. The molecule has 1 amide bonds. The number of unbranched alkanes of at least 4 members (excludes halogenated alkanes) is 22. The van der Waals surface area contributed by atoms with Gasteiger partial charge in [-0.15, -0.1) is 0 Å². The number of nitrogens with zero attached hydrogens (tertiary/aromatic N) is 1. The summed E-state index contributed by atoms with van der Waals surface area (Å²) in [7, 11) is 1.58. The summed E-state index contributed by atoms with van der Waals surface area (Å²) in [6.45, 7) is 6.85. The first kappa shape index (κ1) is 38.9. The van der Waals surface area contributed by atoms with Gasteiger partial charge < -0.3 is 14.4 Å². The van der Waals surface area contributed by atoms with Crippen LogP contribution in [0.4, 0.5) is 0 Å². The third kappa shape index (κ3) is 28.4. The fourth-order valence-electron chi connectivity index (χ4n) is 5.33. The van der Waals surface area contributed by atoms with E-state index in [4.69, 9.17) is 9.47 Å². The Morgan fingerprint density at radius 3 is 1.18 bits per heavy atom. The fraction of sp³-hybridized carbons (Fsp3) is 0.943. The van der Waals surface area contributed by atoms with E-state index >= 15 is 0 Å². The van der Waals surface area contributed by atoms with Crippen molar-refractivity contribution in [3.63, 3.8) is 0 Å². The predicted octanol–water partition coefficient (Wildman–Crippen LogP) is 10.2. The molecule has 0 heterocycles. The van der Waals surface area contributed by atoms with Crippen LogP contribution in [0.15, 0.2) is 0 Å². The lowest BCUT2D eigenvalue weighted by molar-refractivity contribution is -0.147. The SMILES string of the molecule is CCCCCCCCCCCCCCN(CCCCCCCCCCCCCC)C(=O)CCC(=O)OCCOC. The molecule has 0 aliphatic carbocycles. The minimum absolute atomic E-state index is 0.106. The van der Waals surface area contributed by atoms with Crippen LogP contribution in [0.2, 0.25) is 0 Å². The summed E-state index contributed by atoms with van der Waals surface area (Å²) in [4.78, 5) is 26.9. The van der Waals surface area contributed by atoms with Gasteiger partial charge in [-0.05, 0) is 12.8 Å². The van der Waals surface area contributed by atoms with E-state index in [2.05, 4.69) is 13.8 Å². The van der Waals surface area contributed by atoms with E-state index in [1.54, 1.807) is 7.11 Å². The van der Waals surface area contributed by atoms with Crippen LogP contribution in [0.25, 0.3) is 0 Å². The van der Waals surface area contributed by atoms with Crippen molar-refractivity contribution in [3.05, 3.63) is 0 Å². The molecule has 0 atom stereocenters. The molecule has 0 aromatic carbocycles. The molecule has 5 nitrogen and oxygen atoms in total. The molecular weight excluding hydrogens is 498 g/mol. The molecule has 0 spiro atoms. The quantitative estimate of drug-likeness (QED) is 0.0599. The minimum atomic E-state index is -0.305. The highest BCUT2D eigenvalue weighted by atomic mass is 16.6. The Balaban J connectivity index is 4.10. The first-order valence-corrected chi connectivity index (χ1v) is 17.6. The van der Waals surface area contributed by atoms with Gasteiger partial charge in [0.2, 0.25) is 5.91 Å². The minimum Gasteiger partial charge on any atom is -0.463 e. The van der Waals surface area contributed by atoms with Crippen LogP contribution in [-0.2, 0) is 19.1 Å². The maximum atomic E-state index is 12.9. The van der Waals surface area contributed by atoms with E-state index in [9.17, 15) is 9.59 Å². The van der Waals surface area contributed by atoms with Gasteiger partial charge in [0.25, 0.3) is 0 Å². The van der Waals surface area contributed by atoms with Crippen molar-refractivity contribution in [2.45, 2.75) is 181 Å². The third-order valence-electron chi connectivity index (χ3n) is 8.01. The second-order valence-electron chi connectivity index (χ2n) is 11.9. The molecule has 0 aromatic heterocycles. The maximum Gasteiger partial charge on any atom is 0.306 e. The summed E-state index contributed by atoms with van der Waals surface area (Å²) in [5, 5.41) is 0. The number of hydrogen-bond donors (Lipinski definition) is 0. The van der Waals surface area contributed by atoms with Crippen molar-refractivity contribution in [1.82, 2.24) is 4.90 Å². The standard InChI is InChI=1S/C35H69NO4/c1-4-6-8-10-12-14-16-18-20-22-24-26-30-36(34(37)28-29-35(38)40-33-32-39-3)31-27-25-23-21-19-17-15-13-11-9-7-5-2/h4-33H2,1-3H3. The summed E-state index contributed by atoms with van der Waals surface area (Å²) in [5.74, 6) is -0.198. The zero-order chi connectivity index (χ0) is 29.4. The largest absolute Gasteiger partial charge is 0.463 e. The lowest BCUT2D eigenvalue weighted by atomic mass is 10.0. The number of methoxy groups -OCH3 is 1. The number of esters is 1. The average Bonchev–Trinajstić information content (AvgIpc) is 2.96. The van der Waals surface area contributed by atoms with Crippen molar-refractivity contribution in [2.75, 3.05) is 33.4 Å². The topological polar surface area (TPSA) is 55.8 Å². The number of carbonyl (C=O) groups excluding carboxylic acids is 2. The first-order chi connectivity index (χ1) is 19.7. The molecule has 0 fully saturated rings. The van der Waals surface area contributed by atoms with Crippen LogP contribution >= 0.6 is 0 Å². The fourth-order valence-corrected chi connectivity index (χ4v) is 5.33. The summed E-state index contributed by atoms with van der Waals surface area (Å²) in [6, 6.07) is 0. The van der Waals surface area contributed by atoms with E-state index < -0.39 is 0 Å². The summed E-state index contributed by atoms with van der Waals surface area (Å²) in [5.41, 5.74) is 0. The Bertz CT molecular complexity index is 511. The van der Waals surface area contributed by atoms with Crippen LogP contribution in [0.1, 0.15) is 181 Å². The Morgan fingerprint density at radius 2 is 0.825 bits per heavy atom. The van der Waals surface area contributed by atoms with Gasteiger partial charge in [0.15, 0.2) is 0 Å². The molecule has 0 aliphatic rings. The van der Waals surface area contributed by atoms with Crippen molar-refractivity contribution in [1.29, 1.82) is 0 Å². The van der Waals surface area contributed by atoms with Gasteiger partial charge in [-0.25, -0.2) is 0 Å². The highest BCUT2D eigenvalue weighted by Crippen LogP contribution is 2.14. The Morgan fingerprint density at radius 1 is 0.475 bits per heavy atom. The van der Waals surface area contributed by atoms with Gasteiger partial charge in [-0.3, -0.25) is 9.59 Å². The number of ether oxygens (including phenoxy) is 2. The normalized spacial score (nSPS) is 11.2. The van der Waals surface area contributed by atoms with Gasteiger partial charge in [0.05, 0.1) is 13.0 Å². The first-order valence-electron chi connectivity index (χ1n) is 17.6. The highest BCUT2D eigenvalue weighted by molar-refractivity contribution is 5.81. The van der Waals surface area contributed by atoms with Crippen LogP contribution in [0.5, 0.6) is 0 Å². The zero-order valence-electron chi connectivity index (χ0n) is 27.3. The average molecular weight is 568 g/mol. The third-order valence-corrected chi connectivity index (χ3v) is 8.01. The van der Waals surface area contributed by atoms with Gasteiger partial charge in [-0.2, -0.15) is 0 Å². The summed E-state index contributed by atoms with van der Waals surface area (Å²) in [6.07, 6.45) is 32.1. The second-order valence-corrected chi connectivity index (χ2v) is 11.9. The van der Waals surface area contributed by atoms with E-state index in [0.717, 1.165) is 25.9 Å². The number of carbonyl (C=O) groups is 2. The van der Waals surface area contributed by atoms with Crippen LogP contribution < -0.4 is 0 Å². The second kappa shape index (κ2) is 32.4. The monoisotopic (exact) mass is 568 g/mol. The predicted molar refractivity (Wildman–Crippen MR) is 171 cm³/mol. The Hall–Kier alpha value is -1.10. The van der Waals surface area contributed by atoms with Crippen molar-refractivity contribution in [2.24, 2.45) is 0 Å². The smallest absolute Gasteiger partial charge is 0.306 e. The molecule has 0 radical (unpaired) electrons. The zero-order valence-corrected chi connectivity index (χ0v) is 27.3. The molecule has 0 unspecified atom stereocenters. The van der Waals surface area contributed by atoms with Crippen LogP contribution in [-0.4, -0.2) is 50.2 Å². The van der Waals surface area contributed by atoms with E-state index in [1.807, 2.05) is 4.90 Å². The van der Waals surface area contributed by atoms with E-state index in [-0.39, 0.29) is 31.3 Å². The number of rotatable bonds is 32. The van der Waals surface area contributed by atoms with E-state index in [0.29, 0.717) is 6.61 Å². The molecule has 0 N–H and O–H groups in total. The summed E-state index contributed by atoms with van der Waals surface area (Å²) >= 11 is 0. The Labute approximate surface area is 249 Å². The van der Waals surface area contributed by atoms with Gasteiger partial charge in [0.1, 0.15) is 6.61 Å². The molecular formula is C35H69NO4. The van der Waals surface area contributed by atoms with Crippen LogP contribution in [0, 0.1) is 0 Å². The molecule has 0 aliphatic heterocycles. The Kier molecular flexibility index (Phi) is 31.5. The van der Waals surface area contributed by atoms with Gasteiger partial charge in [-0.1, -0.05) is 155 Å². The molecule has 5 heteroatoms. The molecule has 0 saturated heterocycles. The lowest BCUT2D eigenvalue weighted by Crippen LogP contribution is -2.33.